The van der Waals surface area contributed by atoms with E-state index < -0.39 is 12.1 Å². The van der Waals surface area contributed by atoms with Gasteiger partial charge in [0.05, 0.1) is 18.4 Å². The number of nitrogens with zero attached hydrogens (tertiary/aromatic N) is 4. The van der Waals surface area contributed by atoms with Crippen molar-refractivity contribution in [1.82, 2.24) is 25.0 Å². The van der Waals surface area contributed by atoms with Crippen LogP contribution in [0.15, 0.2) is 60.4 Å². The number of ketones is 1. The van der Waals surface area contributed by atoms with Gasteiger partial charge in [0, 0.05) is 31.0 Å². The van der Waals surface area contributed by atoms with E-state index in [-0.39, 0.29) is 47.0 Å². The van der Waals surface area contributed by atoms with Crippen LogP contribution >= 0.6 is 15.9 Å². The fourth-order valence-electron chi connectivity index (χ4n) is 6.14. The zero-order chi connectivity index (χ0) is 33.0. The molecule has 0 unspecified atom stereocenters. The van der Waals surface area contributed by atoms with E-state index in [1.54, 1.807) is 35.2 Å². The van der Waals surface area contributed by atoms with Crippen molar-refractivity contribution >= 4 is 56.3 Å². The van der Waals surface area contributed by atoms with Crippen molar-refractivity contribution in [2.45, 2.75) is 64.6 Å². The maximum Gasteiger partial charge on any atom is 0.412 e. The monoisotopic (exact) mass is 692 g/mol. The average Bonchev–Trinajstić information content (AvgIpc) is 3.43. The highest BCUT2D eigenvalue weighted by Gasteiger charge is 2.66. The number of nitrogens with one attached hydrogen (secondary N) is 2. The Hall–Kier alpha value is -4.52. The second-order valence-electron chi connectivity index (χ2n) is 11.7. The Morgan fingerprint density at radius 3 is 2.72 bits per heavy atom. The number of likely N-dealkylation sites (tertiary alicyclic amines) is 1. The molecular weight excluding hydrogens is 656 g/mol. The van der Waals surface area contributed by atoms with E-state index in [0.717, 1.165) is 24.8 Å². The molecule has 13 heteroatoms. The summed E-state index contributed by atoms with van der Waals surface area (Å²) in [4.78, 5) is 58.7. The first-order valence-corrected chi connectivity index (χ1v) is 15.9. The highest BCUT2D eigenvalue weighted by molar-refractivity contribution is 9.10. The lowest BCUT2D eigenvalue weighted by Crippen LogP contribution is -2.47. The van der Waals surface area contributed by atoms with E-state index in [1.165, 1.54) is 17.9 Å². The van der Waals surface area contributed by atoms with Crippen molar-refractivity contribution in [2.75, 3.05) is 18.5 Å². The molecule has 1 saturated carbocycles. The summed E-state index contributed by atoms with van der Waals surface area (Å²) < 4.78 is 12.9. The first-order valence-electron chi connectivity index (χ1n) is 15.1. The van der Waals surface area contributed by atoms with Crippen LogP contribution in [0.1, 0.15) is 55.1 Å². The molecule has 2 fully saturated rings. The third kappa shape index (κ3) is 6.99. The molecule has 0 radical (unpaired) electrons. The van der Waals surface area contributed by atoms with Gasteiger partial charge in [0.2, 0.25) is 11.8 Å². The number of ether oxygens (including phenoxy) is 2. The van der Waals surface area contributed by atoms with Crippen LogP contribution < -0.4 is 15.4 Å². The highest BCUT2D eigenvalue weighted by Crippen LogP contribution is 2.62. The lowest BCUT2D eigenvalue weighted by Gasteiger charge is -2.27. The lowest BCUT2D eigenvalue weighted by molar-refractivity contribution is -0.138. The molecule has 1 aromatic carbocycles. The smallest absolute Gasteiger partial charge is 0.412 e. The van der Waals surface area contributed by atoms with Crippen molar-refractivity contribution in [2.24, 2.45) is 5.41 Å². The SMILES string of the molecule is C=CCCCNC(=O)Oc1ccc2c(C(C)=O)nn(CC(=O)N3[C@H](C(=O)Nc4nc(Br)ccc4C)C[C@@]4(CCOC=C)C[C@@H]34)c2c1. The number of carbonyl (C=O) groups is 4. The molecule has 1 aliphatic heterocycles. The van der Waals surface area contributed by atoms with Gasteiger partial charge in [0.15, 0.2) is 5.78 Å². The zero-order valence-corrected chi connectivity index (χ0v) is 27.5. The zero-order valence-electron chi connectivity index (χ0n) is 25.9. The lowest BCUT2D eigenvalue weighted by atomic mass is 9.95. The number of piperidine rings is 1. The van der Waals surface area contributed by atoms with Crippen molar-refractivity contribution in [3.63, 3.8) is 0 Å². The quantitative estimate of drug-likeness (QED) is 0.0761. The van der Waals surface area contributed by atoms with Crippen molar-refractivity contribution < 1.29 is 28.7 Å². The Bertz CT molecular complexity index is 1700. The van der Waals surface area contributed by atoms with E-state index in [9.17, 15) is 19.2 Å². The van der Waals surface area contributed by atoms with Crippen LogP contribution in [0.2, 0.25) is 0 Å². The molecule has 3 aromatic rings. The number of anilines is 1. The summed E-state index contributed by atoms with van der Waals surface area (Å²) in [6.45, 7) is 11.2. The van der Waals surface area contributed by atoms with Crippen molar-refractivity contribution in [3.8, 4) is 5.75 Å². The molecule has 2 N–H and O–H groups in total. The molecule has 242 valence electrons. The third-order valence-corrected chi connectivity index (χ3v) is 9.00. The molecule has 0 spiro atoms. The number of pyridine rings is 1. The molecular formula is C33H37BrN6O6. The molecule has 3 atom stereocenters. The van der Waals surface area contributed by atoms with Crippen LogP contribution in [-0.4, -0.2) is 68.6 Å². The van der Waals surface area contributed by atoms with E-state index in [0.29, 0.717) is 47.3 Å². The van der Waals surface area contributed by atoms with Gasteiger partial charge in [-0.3, -0.25) is 19.1 Å². The van der Waals surface area contributed by atoms with Crippen molar-refractivity contribution in [3.05, 3.63) is 71.7 Å². The molecule has 0 bridgehead atoms. The van der Waals surface area contributed by atoms with Gasteiger partial charge in [-0.15, -0.1) is 6.58 Å². The summed E-state index contributed by atoms with van der Waals surface area (Å²) in [7, 11) is 0. The second-order valence-corrected chi connectivity index (χ2v) is 12.5. The van der Waals surface area contributed by atoms with Gasteiger partial charge in [0.25, 0.3) is 0 Å². The number of halogens is 1. The van der Waals surface area contributed by atoms with Gasteiger partial charge < -0.3 is 25.0 Å². The Kier molecular flexibility index (Phi) is 9.90. The predicted molar refractivity (Wildman–Crippen MR) is 175 cm³/mol. The number of hydrogen-bond donors (Lipinski definition) is 2. The summed E-state index contributed by atoms with van der Waals surface area (Å²) in [5.41, 5.74) is 1.18. The van der Waals surface area contributed by atoms with E-state index in [2.05, 4.69) is 49.8 Å². The number of rotatable bonds is 14. The number of unbranched alkanes of at least 4 members (excludes halogenated alkanes) is 1. The Labute approximate surface area is 275 Å². The molecule has 2 aliphatic rings. The average molecular weight is 694 g/mol. The van der Waals surface area contributed by atoms with Crippen LogP contribution in [0.5, 0.6) is 5.75 Å². The number of amides is 3. The van der Waals surface area contributed by atoms with Gasteiger partial charge in [0.1, 0.15) is 34.5 Å². The molecule has 3 amide bonds. The first-order chi connectivity index (χ1) is 22.1. The molecule has 3 heterocycles. The molecule has 1 aliphatic carbocycles. The van der Waals surface area contributed by atoms with Crippen molar-refractivity contribution in [1.29, 1.82) is 0 Å². The van der Waals surface area contributed by atoms with Gasteiger partial charge in [-0.2, -0.15) is 5.10 Å². The molecule has 5 rings (SSSR count). The fourth-order valence-corrected chi connectivity index (χ4v) is 6.45. The van der Waals surface area contributed by atoms with E-state index in [1.807, 2.05) is 13.0 Å². The maximum atomic E-state index is 14.1. The summed E-state index contributed by atoms with van der Waals surface area (Å²) in [5, 5.41) is 10.6. The van der Waals surface area contributed by atoms with E-state index in [4.69, 9.17) is 9.47 Å². The van der Waals surface area contributed by atoms with E-state index >= 15 is 0 Å². The summed E-state index contributed by atoms with van der Waals surface area (Å²) in [5.74, 6) is -0.278. The fraction of sp³-hybridized carbons (Fsp3) is 0.394. The number of allylic oxidation sites excluding steroid dienone is 1. The minimum absolute atomic E-state index is 0.154. The van der Waals surface area contributed by atoms with Gasteiger partial charge in [-0.25, -0.2) is 9.78 Å². The molecule has 2 aromatic heterocycles. The third-order valence-electron chi connectivity index (χ3n) is 8.56. The van der Waals surface area contributed by atoms with Gasteiger partial charge >= 0.3 is 6.09 Å². The molecule has 12 nitrogen and oxygen atoms in total. The first kappa shape index (κ1) is 32.9. The maximum absolute atomic E-state index is 14.1. The molecule has 46 heavy (non-hydrogen) atoms. The predicted octanol–water partition coefficient (Wildman–Crippen LogP) is 5.31. The number of Topliss-reactive ketones (excluding diaryl/α,β-unsaturated/α-hetero) is 1. The minimum atomic E-state index is -0.743. The summed E-state index contributed by atoms with van der Waals surface area (Å²) in [6.07, 6.45) is 5.91. The number of hydrogen-bond acceptors (Lipinski definition) is 8. The minimum Gasteiger partial charge on any atom is -0.502 e. The number of aromatic nitrogens is 3. The standard InChI is InChI=1S/C33H37BrN6O6/c1-5-7-8-14-35-32(44)46-22-10-11-23-24(16-22)39(38-29(23)21(4)41)19-28(42)40-25(17-33(18-26(33)40)13-15-45-6-2)31(43)37-30-20(3)9-12-27(34)36-30/h5-6,9-12,16,25-26H,1-2,7-8,13-15,17-19H2,3-4H3,(H,35,44)(H,36,37,43)/t25-,26+,33-/m0/s1. The number of fused-ring (bicyclic) bond motifs is 2. The van der Waals surface area contributed by atoms with Crippen LogP contribution in [0.25, 0.3) is 10.9 Å². The number of aryl methyl sites for hydroxylation is 1. The van der Waals surface area contributed by atoms with Crippen LogP contribution in [0.3, 0.4) is 0 Å². The largest absolute Gasteiger partial charge is 0.502 e. The number of benzene rings is 1. The van der Waals surface area contributed by atoms with Crippen LogP contribution in [0.4, 0.5) is 10.6 Å². The topological polar surface area (TPSA) is 145 Å². The summed E-state index contributed by atoms with van der Waals surface area (Å²) >= 11 is 3.35. The van der Waals surface area contributed by atoms with Gasteiger partial charge in [-0.05, 0) is 84.1 Å². The second kappa shape index (κ2) is 13.9. The Morgan fingerprint density at radius 2 is 1.98 bits per heavy atom. The van der Waals surface area contributed by atoms with Crippen LogP contribution in [0, 0.1) is 12.3 Å². The van der Waals surface area contributed by atoms with Crippen LogP contribution in [-0.2, 0) is 20.9 Å². The number of carbonyl (C=O) groups excluding carboxylic acids is 4. The Balaban J connectivity index is 1.40. The molecule has 1 saturated heterocycles. The highest BCUT2D eigenvalue weighted by atomic mass is 79.9. The summed E-state index contributed by atoms with van der Waals surface area (Å²) in [6, 6.07) is 7.54. The normalized spacial score (nSPS) is 19.7. The van der Waals surface area contributed by atoms with Gasteiger partial charge in [-0.1, -0.05) is 18.7 Å². The Morgan fingerprint density at radius 1 is 1.17 bits per heavy atom.